The minimum Gasteiger partial charge on any atom is -0.336 e. The molecule has 0 aliphatic rings. The highest BCUT2D eigenvalue weighted by atomic mass is 15.4. The Morgan fingerprint density at radius 1 is 0.864 bits per heavy atom. The molecule has 3 aromatic heterocycles. The van der Waals surface area contributed by atoms with Crippen LogP contribution in [0.1, 0.15) is 11.4 Å². The van der Waals surface area contributed by atoms with Crippen molar-refractivity contribution in [3.8, 4) is 34.9 Å². The maximum Gasteiger partial charge on any atom is 0.182 e. The molecule has 0 saturated heterocycles. The van der Waals surface area contributed by atoms with Gasteiger partial charge in [0.2, 0.25) is 0 Å². The van der Waals surface area contributed by atoms with E-state index in [9.17, 15) is 0 Å². The molecular weight excluding hydrogens is 280 g/mol. The Labute approximate surface area is 125 Å². The molecule has 3 aromatic rings. The van der Waals surface area contributed by atoms with Crippen LogP contribution in [0.2, 0.25) is 0 Å². The zero-order chi connectivity index (χ0) is 15.5. The van der Waals surface area contributed by atoms with Crippen molar-refractivity contribution in [1.82, 2.24) is 24.8 Å². The fourth-order valence-corrected chi connectivity index (χ4v) is 1.95. The molecule has 22 heavy (non-hydrogen) atoms. The lowest BCUT2D eigenvalue weighted by Crippen LogP contribution is -2.12. The summed E-state index contributed by atoms with van der Waals surface area (Å²) in [6.45, 7) is 0. The average molecular weight is 288 g/mol. The summed E-state index contributed by atoms with van der Waals surface area (Å²) in [7, 11) is 0. The number of nitriles is 2. The van der Waals surface area contributed by atoms with Crippen molar-refractivity contribution in [2.24, 2.45) is 0 Å². The minimum atomic E-state index is 0.262. The molecule has 3 heterocycles. The highest BCUT2D eigenvalue weighted by Crippen LogP contribution is 2.22. The predicted molar refractivity (Wildman–Crippen MR) is 76.1 cm³/mol. The topological polar surface area (TPSA) is 130 Å². The molecule has 0 bridgehead atoms. The van der Waals surface area contributed by atoms with Crippen LogP contribution in [0, 0.1) is 22.7 Å². The maximum absolute atomic E-state index is 8.89. The third-order valence-electron chi connectivity index (χ3n) is 2.96. The van der Waals surface area contributed by atoms with E-state index in [-0.39, 0.29) is 11.4 Å². The average Bonchev–Trinajstić information content (AvgIpc) is 2.96. The number of pyridine rings is 2. The van der Waals surface area contributed by atoms with Crippen molar-refractivity contribution in [1.29, 1.82) is 10.5 Å². The van der Waals surface area contributed by atoms with Gasteiger partial charge in [-0.2, -0.15) is 10.5 Å². The molecule has 2 N–H and O–H groups in total. The van der Waals surface area contributed by atoms with Gasteiger partial charge in [-0.3, -0.25) is 0 Å². The second-order valence-electron chi connectivity index (χ2n) is 4.30. The van der Waals surface area contributed by atoms with Crippen LogP contribution < -0.4 is 5.84 Å². The van der Waals surface area contributed by atoms with Gasteiger partial charge in [0.1, 0.15) is 23.5 Å². The quantitative estimate of drug-likeness (QED) is 0.692. The summed E-state index contributed by atoms with van der Waals surface area (Å²) >= 11 is 0. The Bertz CT molecular complexity index is 854. The second-order valence-corrected chi connectivity index (χ2v) is 4.30. The lowest BCUT2D eigenvalue weighted by Gasteiger charge is -2.04. The molecular formula is C14H8N8. The largest absolute Gasteiger partial charge is 0.336 e. The van der Waals surface area contributed by atoms with Gasteiger partial charge < -0.3 is 5.84 Å². The van der Waals surface area contributed by atoms with Gasteiger partial charge >= 0.3 is 0 Å². The van der Waals surface area contributed by atoms with Crippen molar-refractivity contribution >= 4 is 0 Å². The van der Waals surface area contributed by atoms with Crippen molar-refractivity contribution in [2.45, 2.75) is 0 Å². The summed E-state index contributed by atoms with van der Waals surface area (Å²) in [6.07, 6.45) is 3.00. The first-order chi connectivity index (χ1) is 10.7. The monoisotopic (exact) mass is 288 g/mol. The van der Waals surface area contributed by atoms with Crippen LogP contribution in [-0.2, 0) is 0 Å². The van der Waals surface area contributed by atoms with E-state index in [1.54, 1.807) is 24.3 Å². The molecule has 0 aromatic carbocycles. The zero-order valence-electron chi connectivity index (χ0n) is 11.2. The maximum atomic E-state index is 8.89. The molecule has 0 spiro atoms. The van der Waals surface area contributed by atoms with Crippen LogP contribution in [-0.4, -0.2) is 24.8 Å². The third-order valence-corrected chi connectivity index (χ3v) is 2.96. The van der Waals surface area contributed by atoms with Gasteiger partial charge in [-0.15, -0.1) is 10.2 Å². The van der Waals surface area contributed by atoms with Crippen molar-refractivity contribution in [2.75, 3.05) is 5.84 Å². The van der Waals surface area contributed by atoms with E-state index in [0.29, 0.717) is 22.8 Å². The van der Waals surface area contributed by atoms with Crippen molar-refractivity contribution in [3.63, 3.8) is 0 Å². The highest BCUT2D eigenvalue weighted by Gasteiger charge is 2.14. The summed E-state index contributed by atoms with van der Waals surface area (Å²) in [5.41, 5.74) is 1.78. The van der Waals surface area contributed by atoms with Crippen LogP contribution >= 0.6 is 0 Å². The van der Waals surface area contributed by atoms with E-state index in [2.05, 4.69) is 20.2 Å². The molecule has 104 valence electrons. The molecule has 0 saturated carbocycles. The Morgan fingerprint density at radius 2 is 1.32 bits per heavy atom. The van der Waals surface area contributed by atoms with E-state index in [0.717, 1.165) is 0 Å². The SMILES string of the molecule is N#Cc1cc(-c2nnc(-c3ccnc(C#N)c3)n2N)ccn1. The smallest absolute Gasteiger partial charge is 0.182 e. The molecule has 0 unspecified atom stereocenters. The molecule has 3 rings (SSSR count). The number of hydrogen-bond acceptors (Lipinski definition) is 7. The molecule has 0 radical (unpaired) electrons. The number of hydrogen-bond donors (Lipinski definition) is 1. The van der Waals surface area contributed by atoms with Gasteiger partial charge in [0.25, 0.3) is 0 Å². The third kappa shape index (κ3) is 2.21. The van der Waals surface area contributed by atoms with Gasteiger partial charge in [-0.1, -0.05) is 0 Å². The Morgan fingerprint density at radius 3 is 1.73 bits per heavy atom. The van der Waals surface area contributed by atoms with Crippen LogP contribution in [0.3, 0.4) is 0 Å². The van der Waals surface area contributed by atoms with E-state index < -0.39 is 0 Å². The Balaban J connectivity index is 2.09. The molecule has 0 aliphatic carbocycles. The van der Waals surface area contributed by atoms with E-state index in [1.165, 1.54) is 17.1 Å². The molecule has 8 nitrogen and oxygen atoms in total. The van der Waals surface area contributed by atoms with E-state index >= 15 is 0 Å². The van der Waals surface area contributed by atoms with Crippen molar-refractivity contribution in [3.05, 3.63) is 48.0 Å². The number of nitrogens with zero attached hydrogens (tertiary/aromatic N) is 7. The lowest BCUT2D eigenvalue weighted by atomic mass is 10.2. The van der Waals surface area contributed by atoms with E-state index in [1.807, 2.05) is 12.1 Å². The number of nitrogens with two attached hydrogens (primary N) is 1. The van der Waals surface area contributed by atoms with Crippen LogP contribution in [0.4, 0.5) is 0 Å². The Hall–Kier alpha value is -3.78. The first-order valence-corrected chi connectivity index (χ1v) is 6.16. The van der Waals surface area contributed by atoms with Gasteiger partial charge in [0.15, 0.2) is 11.6 Å². The second kappa shape index (κ2) is 5.31. The minimum absolute atomic E-state index is 0.262. The van der Waals surface area contributed by atoms with Gasteiger partial charge in [-0.05, 0) is 24.3 Å². The summed E-state index contributed by atoms with van der Waals surface area (Å²) in [6, 6.07) is 10.4. The number of rotatable bonds is 2. The lowest BCUT2D eigenvalue weighted by molar-refractivity contribution is 1.01. The number of nitrogen functional groups attached to an aromatic ring is 1. The molecule has 0 fully saturated rings. The number of aromatic nitrogens is 5. The first kappa shape index (κ1) is 13.2. The molecule has 0 aliphatic heterocycles. The molecule has 0 atom stereocenters. The van der Waals surface area contributed by atoms with E-state index in [4.69, 9.17) is 16.4 Å². The summed E-state index contributed by atoms with van der Waals surface area (Å²) in [5.74, 6) is 6.82. The zero-order valence-corrected chi connectivity index (χ0v) is 11.2. The van der Waals surface area contributed by atoms with Crippen molar-refractivity contribution < 1.29 is 0 Å². The Kier molecular flexibility index (Phi) is 3.19. The van der Waals surface area contributed by atoms with Crippen LogP contribution in [0.15, 0.2) is 36.7 Å². The van der Waals surface area contributed by atoms with Gasteiger partial charge in [0.05, 0.1) is 0 Å². The normalized spacial score (nSPS) is 9.91. The molecule has 0 amide bonds. The first-order valence-electron chi connectivity index (χ1n) is 6.16. The van der Waals surface area contributed by atoms with Gasteiger partial charge in [0, 0.05) is 23.5 Å². The standard InChI is InChI=1S/C14H8N8/c15-7-11-5-9(1-3-18-11)13-20-21-14(22(13)17)10-2-4-19-12(6-10)8-16/h1-6H,17H2. The summed E-state index contributed by atoms with van der Waals surface area (Å²) < 4.78 is 1.30. The summed E-state index contributed by atoms with van der Waals surface area (Å²) in [5, 5.41) is 25.9. The van der Waals surface area contributed by atoms with Crippen LogP contribution in [0.25, 0.3) is 22.8 Å². The molecule has 8 heteroatoms. The fraction of sp³-hybridized carbons (Fsp3) is 0. The predicted octanol–water partition coefficient (Wildman–Crippen LogP) is 0.859. The fourth-order valence-electron chi connectivity index (χ4n) is 1.95. The van der Waals surface area contributed by atoms with Crippen LogP contribution in [0.5, 0.6) is 0 Å². The van der Waals surface area contributed by atoms with Gasteiger partial charge in [-0.25, -0.2) is 14.6 Å². The highest BCUT2D eigenvalue weighted by molar-refractivity contribution is 5.63. The summed E-state index contributed by atoms with van der Waals surface area (Å²) in [4.78, 5) is 7.79.